The van der Waals surface area contributed by atoms with Crippen molar-refractivity contribution in [2.24, 2.45) is 0 Å². The lowest BCUT2D eigenvalue weighted by atomic mass is 11.8. The molecule has 0 aromatic heterocycles. The van der Waals surface area contributed by atoms with Crippen molar-refractivity contribution in [3.8, 4) is 0 Å². The molecule has 0 aromatic carbocycles. The Bertz CT molecular complexity index is 74.9. The van der Waals surface area contributed by atoms with E-state index in [1.807, 2.05) is 0 Å². The van der Waals surface area contributed by atoms with E-state index in [2.05, 4.69) is 40.8 Å². The van der Waals surface area contributed by atoms with E-state index < -0.39 is 4.67 Å². The summed E-state index contributed by atoms with van der Waals surface area (Å²) in [5.74, 6) is 0. The van der Waals surface area contributed by atoms with Gasteiger partial charge < -0.3 is 4.52 Å². The molecule has 0 saturated carbocycles. The van der Waals surface area contributed by atoms with Crippen molar-refractivity contribution in [3.05, 3.63) is 0 Å². The van der Waals surface area contributed by atoms with E-state index in [0.29, 0.717) is 0 Å². The minimum absolute atomic E-state index is 1.50. The van der Waals surface area contributed by atoms with Crippen LogP contribution in [0, 0.1) is 0 Å². The molecule has 0 amide bonds. The second-order valence-corrected chi connectivity index (χ2v) is 9.51. The zero-order valence-corrected chi connectivity index (χ0v) is 6.66. The third-order valence-corrected chi connectivity index (χ3v) is 2.14. The van der Waals surface area contributed by atoms with Gasteiger partial charge in [0.05, 0.1) is 0 Å². The van der Waals surface area contributed by atoms with Crippen molar-refractivity contribution in [2.75, 3.05) is 7.11 Å². The van der Waals surface area contributed by atoms with Crippen LogP contribution in [0.15, 0.2) is 0 Å². The van der Waals surface area contributed by atoms with Crippen LogP contribution in [-0.2, 0) is 16.3 Å². The van der Waals surface area contributed by atoms with E-state index in [1.54, 1.807) is 0 Å². The first-order valence-electron chi connectivity index (χ1n) is 1.17. The first kappa shape index (κ1) is 7.31. The van der Waals surface area contributed by atoms with Gasteiger partial charge in [0.1, 0.15) is 0 Å². The van der Waals surface area contributed by atoms with Crippen molar-refractivity contribution >= 4 is 41.0 Å². The number of thiol groups is 2. The SMILES string of the molecule is COP(=S)(S)S. The molecule has 38 valence electrons. The normalized spacial score (nSPS) is 11.8. The summed E-state index contributed by atoms with van der Waals surface area (Å²) >= 11 is 12.2. The molecular weight excluding hydrogens is 155 g/mol. The molecule has 0 radical (unpaired) electrons. The summed E-state index contributed by atoms with van der Waals surface area (Å²) in [7, 11) is 1.50. The van der Waals surface area contributed by atoms with Gasteiger partial charge in [-0.1, -0.05) is 0 Å². The summed E-state index contributed by atoms with van der Waals surface area (Å²) < 4.78 is 2.67. The molecule has 0 saturated heterocycles. The second kappa shape index (κ2) is 2.58. The average Bonchev–Trinajstić information content (AvgIpc) is 1.35. The standard InChI is InChI=1S/CH5OPS3/c1-2-3(4,5)6/h1H3,(H2,4,5,6). The Morgan fingerprint density at radius 1 is 1.67 bits per heavy atom. The van der Waals surface area contributed by atoms with E-state index in [9.17, 15) is 0 Å². The lowest BCUT2D eigenvalue weighted by Crippen LogP contribution is -1.59. The van der Waals surface area contributed by atoms with Crippen LogP contribution in [0.25, 0.3) is 0 Å². The topological polar surface area (TPSA) is 9.23 Å². The minimum atomic E-state index is -1.92. The Labute approximate surface area is 52.9 Å². The fraction of sp³-hybridized carbons (Fsp3) is 1.00. The maximum atomic E-state index is 4.60. The molecule has 0 aromatic rings. The fourth-order valence-electron chi connectivity index (χ4n) is 0. The molecule has 5 heteroatoms. The molecule has 0 unspecified atom stereocenters. The molecule has 6 heavy (non-hydrogen) atoms. The van der Waals surface area contributed by atoms with Gasteiger partial charge in [-0.25, -0.2) is 0 Å². The number of hydrogen-bond acceptors (Lipinski definition) is 2. The van der Waals surface area contributed by atoms with Crippen LogP contribution in [0.2, 0.25) is 0 Å². The van der Waals surface area contributed by atoms with Gasteiger partial charge in [-0.15, -0.1) is 24.5 Å². The van der Waals surface area contributed by atoms with Crippen LogP contribution >= 0.6 is 29.2 Å². The van der Waals surface area contributed by atoms with E-state index in [-0.39, 0.29) is 0 Å². The highest BCUT2D eigenvalue weighted by atomic mass is 33.2. The highest BCUT2D eigenvalue weighted by Gasteiger charge is 1.96. The van der Waals surface area contributed by atoms with Crippen LogP contribution in [0.5, 0.6) is 0 Å². The molecule has 1 nitrogen and oxygen atoms in total. The van der Waals surface area contributed by atoms with Gasteiger partial charge in [0.25, 0.3) is 0 Å². The van der Waals surface area contributed by atoms with Crippen molar-refractivity contribution in [2.45, 2.75) is 0 Å². The number of hydrogen-bond donors (Lipinski definition) is 2. The van der Waals surface area contributed by atoms with Crippen molar-refractivity contribution < 1.29 is 4.52 Å². The molecule has 0 aliphatic heterocycles. The summed E-state index contributed by atoms with van der Waals surface area (Å²) in [4.78, 5) is 0. The van der Waals surface area contributed by atoms with E-state index >= 15 is 0 Å². The Morgan fingerprint density at radius 3 is 1.83 bits per heavy atom. The monoisotopic (exact) mass is 160 g/mol. The van der Waals surface area contributed by atoms with E-state index in [0.717, 1.165) is 0 Å². The Hall–Kier alpha value is 1.31. The zero-order chi connectivity index (χ0) is 5.21. The highest BCUT2D eigenvalue weighted by molar-refractivity contribution is 8.90. The Kier molecular flexibility index (Phi) is 3.14. The predicted octanol–water partition coefficient (Wildman–Crippen LogP) is 1.72. The summed E-state index contributed by atoms with van der Waals surface area (Å²) in [5, 5.41) is 0. The summed E-state index contributed by atoms with van der Waals surface area (Å²) in [6.07, 6.45) is 0. The van der Waals surface area contributed by atoms with E-state index in [1.165, 1.54) is 7.11 Å². The van der Waals surface area contributed by atoms with Gasteiger partial charge in [-0.2, -0.15) is 0 Å². The minimum Gasteiger partial charge on any atom is -0.338 e. The van der Waals surface area contributed by atoms with Crippen LogP contribution in [0.1, 0.15) is 0 Å². The van der Waals surface area contributed by atoms with E-state index in [4.69, 9.17) is 0 Å². The summed E-state index contributed by atoms with van der Waals surface area (Å²) in [6.45, 7) is 0. The Balaban J connectivity index is 3.48. The maximum Gasteiger partial charge on any atom is 0.168 e. The quantitative estimate of drug-likeness (QED) is 0.446. The van der Waals surface area contributed by atoms with Gasteiger partial charge in [0, 0.05) is 7.11 Å². The molecule has 0 aliphatic carbocycles. The molecule has 0 N–H and O–H groups in total. The fourth-order valence-corrected chi connectivity index (χ4v) is 0. The van der Waals surface area contributed by atoms with Gasteiger partial charge in [0.2, 0.25) is 0 Å². The largest absolute Gasteiger partial charge is 0.338 e. The molecule has 0 atom stereocenters. The third-order valence-electron chi connectivity index (χ3n) is 0.238. The van der Waals surface area contributed by atoms with Crippen molar-refractivity contribution in [3.63, 3.8) is 0 Å². The molecular formula is CH5OPS3. The lowest BCUT2D eigenvalue weighted by Gasteiger charge is -2.00. The Morgan fingerprint density at radius 2 is 1.83 bits per heavy atom. The van der Waals surface area contributed by atoms with Crippen molar-refractivity contribution in [1.29, 1.82) is 0 Å². The zero-order valence-electron chi connectivity index (χ0n) is 3.16. The van der Waals surface area contributed by atoms with Crippen LogP contribution in [0.3, 0.4) is 0 Å². The van der Waals surface area contributed by atoms with Gasteiger partial charge in [-0.3, -0.25) is 0 Å². The van der Waals surface area contributed by atoms with Crippen LogP contribution in [-0.4, -0.2) is 7.11 Å². The van der Waals surface area contributed by atoms with Gasteiger partial charge >= 0.3 is 0 Å². The van der Waals surface area contributed by atoms with Crippen LogP contribution < -0.4 is 0 Å². The summed E-state index contributed by atoms with van der Waals surface area (Å²) in [6, 6.07) is 0. The smallest absolute Gasteiger partial charge is 0.168 e. The molecule has 0 heterocycles. The second-order valence-electron chi connectivity index (χ2n) is 0.673. The molecule has 0 aliphatic rings. The van der Waals surface area contributed by atoms with Gasteiger partial charge in [0.15, 0.2) is 4.67 Å². The maximum absolute atomic E-state index is 4.60. The molecule has 0 bridgehead atoms. The average molecular weight is 160 g/mol. The molecule has 0 rings (SSSR count). The lowest BCUT2D eigenvalue weighted by molar-refractivity contribution is 0.481. The van der Waals surface area contributed by atoms with Gasteiger partial charge in [-0.05, 0) is 11.8 Å². The summed E-state index contributed by atoms with van der Waals surface area (Å²) in [5.41, 5.74) is 0. The molecule has 0 fully saturated rings. The van der Waals surface area contributed by atoms with Crippen molar-refractivity contribution in [1.82, 2.24) is 0 Å². The predicted molar refractivity (Wildman–Crippen MR) is 39.3 cm³/mol. The first-order chi connectivity index (χ1) is 2.56. The molecule has 0 spiro atoms. The first-order valence-corrected chi connectivity index (χ1v) is 6.20. The highest BCUT2D eigenvalue weighted by Crippen LogP contribution is 2.55. The van der Waals surface area contributed by atoms with Crippen LogP contribution in [0.4, 0.5) is 0 Å². The number of rotatable bonds is 1. The third kappa shape index (κ3) is 5.31.